The first kappa shape index (κ1) is 14.6. The van der Waals surface area contributed by atoms with E-state index < -0.39 is 36.3 Å². The fourth-order valence-electron chi connectivity index (χ4n) is 1.67. The average Bonchev–Trinajstić information content (AvgIpc) is 2.20. The highest BCUT2D eigenvalue weighted by atomic mass is 16.7. The second-order valence-corrected chi connectivity index (χ2v) is 5.20. The van der Waals surface area contributed by atoms with Crippen molar-refractivity contribution in [3.63, 3.8) is 0 Å². The Balaban J connectivity index is 2.78. The molecular formula is C12H22O5. The van der Waals surface area contributed by atoms with Gasteiger partial charge in [0.15, 0.2) is 6.29 Å². The molecule has 1 fully saturated rings. The highest BCUT2D eigenvalue weighted by Gasteiger charge is 2.44. The SMILES string of the molecule is CC=C[C@H]1O[C@@H](OC(C)(C)C)[C@@H](O)[C@@H](O)[C@@H]1O. The molecule has 0 aromatic rings. The number of allylic oxidation sites excluding steroid dienone is 1. The molecule has 0 unspecified atom stereocenters. The summed E-state index contributed by atoms with van der Waals surface area (Å²) in [4.78, 5) is 0. The topological polar surface area (TPSA) is 79.2 Å². The summed E-state index contributed by atoms with van der Waals surface area (Å²) in [6.07, 6.45) is -1.98. The standard InChI is InChI=1S/C12H22O5/c1-5-6-7-8(13)9(14)10(15)11(16-7)17-12(2,3)4/h5-11,13-15H,1-4H3/t7-,8-,9+,10+,11+/m1/s1. The molecular weight excluding hydrogens is 224 g/mol. The van der Waals surface area contributed by atoms with E-state index in [4.69, 9.17) is 9.47 Å². The summed E-state index contributed by atoms with van der Waals surface area (Å²) in [6.45, 7) is 7.26. The van der Waals surface area contributed by atoms with Crippen molar-refractivity contribution in [1.82, 2.24) is 0 Å². The number of hydrogen-bond donors (Lipinski definition) is 3. The molecule has 5 atom stereocenters. The van der Waals surface area contributed by atoms with Crippen LogP contribution in [0.2, 0.25) is 0 Å². The fraction of sp³-hybridized carbons (Fsp3) is 0.833. The van der Waals surface area contributed by atoms with Crippen LogP contribution in [0, 0.1) is 0 Å². The summed E-state index contributed by atoms with van der Waals surface area (Å²) in [5.41, 5.74) is -0.506. The molecule has 1 aliphatic heterocycles. The maximum Gasteiger partial charge on any atom is 0.187 e. The lowest BCUT2D eigenvalue weighted by Crippen LogP contribution is -2.58. The van der Waals surface area contributed by atoms with Crippen LogP contribution in [0.15, 0.2) is 12.2 Å². The Morgan fingerprint density at radius 3 is 2.12 bits per heavy atom. The molecule has 5 heteroatoms. The van der Waals surface area contributed by atoms with Gasteiger partial charge in [0.2, 0.25) is 0 Å². The van der Waals surface area contributed by atoms with Gasteiger partial charge in [-0.15, -0.1) is 0 Å². The van der Waals surface area contributed by atoms with Crippen molar-refractivity contribution in [3.05, 3.63) is 12.2 Å². The number of aliphatic hydroxyl groups excluding tert-OH is 3. The van der Waals surface area contributed by atoms with Gasteiger partial charge in [0, 0.05) is 0 Å². The summed E-state index contributed by atoms with van der Waals surface area (Å²) in [7, 11) is 0. The Hall–Kier alpha value is -0.460. The van der Waals surface area contributed by atoms with Gasteiger partial charge in [0.25, 0.3) is 0 Å². The van der Waals surface area contributed by atoms with Crippen LogP contribution in [-0.4, -0.2) is 51.6 Å². The molecule has 0 aromatic heterocycles. The smallest absolute Gasteiger partial charge is 0.187 e. The zero-order chi connectivity index (χ0) is 13.2. The van der Waals surface area contributed by atoms with Crippen LogP contribution < -0.4 is 0 Å². The molecule has 0 saturated carbocycles. The zero-order valence-corrected chi connectivity index (χ0v) is 10.7. The van der Waals surface area contributed by atoms with Gasteiger partial charge >= 0.3 is 0 Å². The van der Waals surface area contributed by atoms with E-state index in [0.717, 1.165) is 0 Å². The molecule has 1 rings (SSSR count). The number of aliphatic hydroxyl groups is 3. The summed E-state index contributed by atoms with van der Waals surface area (Å²) in [5.74, 6) is 0. The van der Waals surface area contributed by atoms with Crippen molar-refractivity contribution in [2.24, 2.45) is 0 Å². The molecule has 100 valence electrons. The van der Waals surface area contributed by atoms with E-state index in [1.807, 2.05) is 20.8 Å². The van der Waals surface area contributed by atoms with Gasteiger partial charge in [-0.25, -0.2) is 0 Å². The van der Waals surface area contributed by atoms with Crippen LogP contribution in [-0.2, 0) is 9.47 Å². The summed E-state index contributed by atoms with van der Waals surface area (Å²) < 4.78 is 10.9. The van der Waals surface area contributed by atoms with Crippen molar-refractivity contribution in [3.8, 4) is 0 Å². The third-order valence-electron chi connectivity index (χ3n) is 2.46. The van der Waals surface area contributed by atoms with Crippen molar-refractivity contribution < 1.29 is 24.8 Å². The Morgan fingerprint density at radius 2 is 1.65 bits per heavy atom. The lowest BCUT2D eigenvalue weighted by Gasteiger charge is -2.41. The fourth-order valence-corrected chi connectivity index (χ4v) is 1.67. The molecule has 0 aromatic carbocycles. The predicted molar refractivity (Wildman–Crippen MR) is 62.3 cm³/mol. The first-order valence-corrected chi connectivity index (χ1v) is 5.76. The van der Waals surface area contributed by atoms with Gasteiger partial charge in [-0.1, -0.05) is 12.2 Å². The largest absolute Gasteiger partial charge is 0.387 e. The molecule has 0 spiro atoms. The minimum absolute atomic E-state index is 0.506. The van der Waals surface area contributed by atoms with Gasteiger partial charge in [-0.3, -0.25) is 0 Å². The molecule has 1 saturated heterocycles. The van der Waals surface area contributed by atoms with Crippen molar-refractivity contribution >= 4 is 0 Å². The average molecular weight is 246 g/mol. The molecule has 0 amide bonds. The second kappa shape index (κ2) is 5.46. The maximum absolute atomic E-state index is 9.77. The number of ether oxygens (including phenoxy) is 2. The Kier molecular flexibility index (Phi) is 4.69. The zero-order valence-electron chi connectivity index (χ0n) is 10.7. The predicted octanol–water partition coefficient (Wildman–Crippen LogP) is 0.185. The van der Waals surface area contributed by atoms with E-state index >= 15 is 0 Å². The van der Waals surface area contributed by atoms with E-state index in [1.54, 1.807) is 19.1 Å². The molecule has 1 aliphatic rings. The molecule has 3 N–H and O–H groups in total. The number of hydrogen-bond acceptors (Lipinski definition) is 5. The third-order valence-corrected chi connectivity index (χ3v) is 2.46. The molecule has 17 heavy (non-hydrogen) atoms. The van der Waals surface area contributed by atoms with Crippen molar-refractivity contribution in [1.29, 1.82) is 0 Å². The van der Waals surface area contributed by atoms with Gasteiger partial charge in [-0.05, 0) is 27.7 Å². The van der Waals surface area contributed by atoms with Crippen molar-refractivity contribution in [2.45, 2.75) is 64.0 Å². The number of rotatable bonds is 2. The van der Waals surface area contributed by atoms with Gasteiger partial charge in [-0.2, -0.15) is 0 Å². The third kappa shape index (κ3) is 3.76. The lowest BCUT2D eigenvalue weighted by molar-refractivity contribution is -0.309. The second-order valence-electron chi connectivity index (χ2n) is 5.20. The molecule has 1 heterocycles. The van der Waals surface area contributed by atoms with Crippen LogP contribution in [0.4, 0.5) is 0 Å². The van der Waals surface area contributed by atoms with Crippen LogP contribution in [0.1, 0.15) is 27.7 Å². The van der Waals surface area contributed by atoms with E-state index in [9.17, 15) is 15.3 Å². The van der Waals surface area contributed by atoms with Crippen LogP contribution in [0.3, 0.4) is 0 Å². The van der Waals surface area contributed by atoms with Crippen LogP contribution in [0.25, 0.3) is 0 Å². The Morgan fingerprint density at radius 1 is 1.06 bits per heavy atom. The highest BCUT2D eigenvalue weighted by Crippen LogP contribution is 2.26. The van der Waals surface area contributed by atoms with Crippen molar-refractivity contribution in [2.75, 3.05) is 0 Å². The minimum atomic E-state index is -1.28. The summed E-state index contributed by atoms with van der Waals surface area (Å²) in [6, 6.07) is 0. The molecule has 0 aliphatic carbocycles. The van der Waals surface area contributed by atoms with Gasteiger partial charge in [0.1, 0.15) is 24.4 Å². The molecule has 0 radical (unpaired) electrons. The Bertz CT molecular complexity index is 271. The van der Waals surface area contributed by atoms with Crippen LogP contribution in [0.5, 0.6) is 0 Å². The minimum Gasteiger partial charge on any atom is -0.387 e. The van der Waals surface area contributed by atoms with Gasteiger partial charge in [0.05, 0.1) is 5.60 Å². The van der Waals surface area contributed by atoms with E-state index in [2.05, 4.69) is 0 Å². The first-order valence-electron chi connectivity index (χ1n) is 5.76. The van der Waals surface area contributed by atoms with Crippen LogP contribution >= 0.6 is 0 Å². The van der Waals surface area contributed by atoms with Gasteiger partial charge < -0.3 is 24.8 Å². The maximum atomic E-state index is 9.77. The summed E-state index contributed by atoms with van der Waals surface area (Å²) in [5, 5.41) is 29.2. The molecule has 0 bridgehead atoms. The summed E-state index contributed by atoms with van der Waals surface area (Å²) >= 11 is 0. The normalized spacial score (nSPS) is 39.8. The van der Waals surface area contributed by atoms with E-state index in [0.29, 0.717) is 0 Å². The molecule has 5 nitrogen and oxygen atoms in total. The quantitative estimate of drug-likeness (QED) is 0.606. The highest BCUT2D eigenvalue weighted by molar-refractivity contribution is 4.99. The monoisotopic (exact) mass is 246 g/mol. The van der Waals surface area contributed by atoms with E-state index in [1.165, 1.54) is 0 Å². The van der Waals surface area contributed by atoms with E-state index in [-0.39, 0.29) is 0 Å². The lowest BCUT2D eigenvalue weighted by atomic mass is 9.98. The Labute approximate surface area is 102 Å². The first-order chi connectivity index (χ1) is 7.76.